The van der Waals surface area contributed by atoms with Crippen molar-refractivity contribution < 1.29 is 4.74 Å². The van der Waals surface area contributed by atoms with Crippen molar-refractivity contribution in [1.29, 1.82) is 0 Å². The highest BCUT2D eigenvalue weighted by molar-refractivity contribution is 6.31. The fourth-order valence-electron chi connectivity index (χ4n) is 1.91. The molecule has 0 amide bonds. The van der Waals surface area contributed by atoms with E-state index in [-0.39, 0.29) is 0 Å². The van der Waals surface area contributed by atoms with E-state index in [0.29, 0.717) is 22.8 Å². The predicted molar refractivity (Wildman–Crippen MR) is 82.5 cm³/mol. The fraction of sp³-hybridized carbons (Fsp3) is 0.357. The highest BCUT2D eigenvalue weighted by Gasteiger charge is 2.21. The van der Waals surface area contributed by atoms with Crippen LogP contribution in [0.15, 0.2) is 18.3 Å². The SMILES string of the molecule is COc1cc(Cl)c(C)cc1Nc1nncc(NC2CC2)n1. The van der Waals surface area contributed by atoms with Crippen molar-refractivity contribution in [3.63, 3.8) is 0 Å². The Labute approximate surface area is 127 Å². The summed E-state index contributed by atoms with van der Waals surface area (Å²) in [6.45, 7) is 1.93. The summed E-state index contributed by atoms with van der Waals surface area (Å²) in [5.74, 6) is 1.77. The van der Waals surface area contributed by atoms with Crippen LogP contribution in [0.1, 0.15) is 18.4 Å². The Hall–Kier alpha value is -2.08. The van der Waals surface area contributed by atoms with E-state index >= 15 is 0 Å². The monoisotopic (exact) mass is 305 g/mol. The Morgan fingerprint density at radius 1 is 1.33 bits per heavy atom. The third-order valence-electron chi connectivity index (χ3n) is 3.22. The summed E-state index contributed by atoms with van der Waals surface area (Å²) >= 11 is 6.10. The highest BCUT2D eigenvalue weighted by atomic mass is 35.5. The number of rotatable bonds is 5. The van der Waals surface area contributed by atoms with E-state index in [1.54, 1.807) is 19.4 Å². The summed E-state index contributed by atoms with van der Waals surface area (Å²) in [6, 6.07) is 4.17. The van der Waals surface area contributed by atoms with Crippen molar-refractivity contribution in [2.24, 2.45) is 0 Å². The van der Waals surface area contributed by atoms with Crippen LogP contribution >= 0.6 is 11.6 Å². The Balaban J connectivity index is 1.83. The molecule has 110 valence electrons. The van der Waals surface area contributed by atoms with Gasteiger partial charge in [-0.1, -0.05) is 11.6 Å². The minimum absolute atomic E-state index is 0.417. The van der Waals surface area contributed by atoms with Gasteiger partial charge in [-0.15, -0.1) is 5.10 Å². The van der Waals surface area contributed by atoms with Gasteiger partial charge >= 0.3 is 0 Å². The number of anilines is 3. The van der Waals surface area contributed by atoms with Gasteiger partial charge in [0.15, 0.2) is 5.82 Å². The predicted octanol–water partition coefficient (Wildman–Crippen LogP) is 3.16. The van der Waals surface area contributed by atoms with E-state index in [9.17, 15) is 0 Å². The minimum Gasteiger partial charge on any atom is -0.495 e. The Bertz CT molecular complexity index is 660. The van der Waals surface area contributed by atoms with Gasteiger partial charge in [0, 0.05) is 17.1 Å². The quantitative estimate of drug-likeness (QED) is 0.884. The number of hydrogen-bond donors (Lipinski definition) is 2. The third kappa shape index (κ3) is 3.33. The zero-order valence-electron chi connectivity index (χ0n) is 11.9. The Kier molecular flexibility index (Phi) is 3.79. The van der Waals surface area contributed by atoms with Gasteiger partial charge in [-0.3, -0.25) is 0 Å². The van der Waals surface area contributed by atoms with Crippen LogP contribution < -0.4 is 15.4 Å². The van der Waals surface area contributed by atoms with Crippen LogP contribution in [0.3, 0.4) is 0 Å². The second-order valence-corrected chi connectivity index (χ2v) is 5.42. The van der Waals surface area contributed by atoms with Crippen molar-refractivity contribution in [2.75, 3.05) is 17.7 Å². The zero-order valence-corrected chi connectivity index (χ0v) is 12.6. The zero-order chi connectivity index (χ0) is 14.8. The Morgan fingerprint density at radius 3 is 2.86 bits per heavy atom. The highest BCUT2D eigenvalue weighted by Crippen LogP contribution is 2.32. The lowest BCUT2D eigenvalue weighted by Gasteiger charge is -2.12. The van der Waals surface area contributed by atoms with Crippen LogP contribution in [0.25, 0.3) is 0 Å². The molecule has 0 saturated heterocycles. The molecule has 2 N–H and O–H groups in total. The number of methoxy groups -OCH3 is 1. The number of ether oxygens (including phenoxy) is 1. The number of aryl methyl sites for hydroxylation is 1. The molecular weight excluding hydrogens is 290 g/mol. The first-order chi connectivity index (χ1) is 10.2. The molecular formula is C14H16ClN5O. The number of benzene rings is 1. The molecule has 1 saturated carbocycles. The second kappa shape index (κ2) is 5.73. The van der Waals surface area contributed by atoms with E-state index < -0.39 is 0 Å². The second-order valence-electron chi connectivity index (χ2n) is 5.01. The van der Waals surface area contributed by atoms with Crippen molar-refractivity contribution in [3.05, 3.63) is 28.9 Å². The molecule has 3 rings (SSSR count). The molecule has 0 unspecified atom stereocenters. The van der Waals surface area contributed by atoms with Crippen molar-refractivity contribution in [3.8, 4) is 5.75 Å². The van der Waals surface area contributed by atoms with Gasteiger partial charge in [-0.05, 0) is 31.4 Å². The molecule has 7 heteroatoms. The first kappa shape index (κ1) is 13.9. The van der Waals surface area contributed by atoms with Crippen LogP contribution in [0.4, 0.5) is 17.5 Å². The number of halogens is 1. The van der Waals surface area contributed by atoms with E-state index in [1.165, 1.54) is 12.8 Å². The van der Waals surface area contributed by atoms with Crippen molar-refractivity contribution in [2.45, 2.75) is 25.8 Å². The summed E-state index contributed by atoms with van der Waals surface area (Å²) < 4.78 is 5.32. The molecule has 6 nitrogen and oxygen atoms in total. The third-order valence-corrected chi connectivity index (χ3v) is 3.62. The first-order valence-electron chi connectivity index (χ1n) is 6.73. The van der Waals surface area contributed by atoms with Gasteiger partial charge in [0.25, 0.3) is 0 Å². The summed E-state index contributed by atoms with van der Waals surface area (Å²) in [5, 5.41) is 15.0. The molecule has 21 heavy (non-hydrogen) atoms. The molecule has 1 aliphatic carbocycles. The number of nitrogens with zero attached hydrogens (tertiary/aromatic N) is 3. The topological polar surface area (TPSA) is 72.0 Å². The molecule has 0 aliphatic heterocycles. The van der Waals surface area contributed by atoms with Gasteiger partial charge in [-0.2, -0.15) is 10.1 Å². The molecule has 1 heterocycles. The van der Waals surface area contributed by atoms with Gasteiger partial charge in [0.2, 0.25) is 5.95 Å². The molecule has 1 aliphatic rings. The lowest BCUT2D eigenvalue weighted by Crippen LogP contribution is -2.07. The van der Waals surface area contributed by atoms with Gasteiger partial charge < -0.3 is 15.4 Å². The average Bonchev–Trinajstić information content (AvgIpc) is 3.27. The van der Waals surface area contributed by atoms with Crippen LogP contribution in [0, 0.1) is 6.92 Å². The van der Waals surface area contributed by atoms with Gasteiger partial charge in [-0.25, -0.2) is 0 Å². The van der Waals surface area contributed by atoms with Crippen molar-refractivity contribution >= 4 is 29.1 Å². The standard InChI is InChI=1S/C14H16ClN5O/c1-8-5-11(12(21-2)6-10(8)15)18-14-19-13(7-16-20-14)17-9-3-4-9/h5-7,9H,3-4H2,1-2H3,(H2,17,18,19,20). The molecule has 0 spiro atoms. The summed E-state index contributed by atoms with van der Waals surface area (Å²) in [5.41, 5.74) is 1.70. The lowest BCUT2D eigenvalue weighted by atomic mass is 10.2. The maximum atomic E-state index is 6.10. The summed E-state index contributed by atoms with van der Waals surface area (Å²) in [6.07, 6.45) is 3.97. The summed E-state index contributed by atoms with van der Waals surface area (Å²) in [4.78, 5) is 4.39. The van der Waals surface area contributed by atoms with Crippen LogP contribution in [0.5, 0.6) is 5.75 Å². The van der Waals surface area contributed by atoms with Gasteiger partial charge in [0.1, 0.15) is 5.75 Å². The lowest BCUT2D eigenvalue weighted by molar-refractivity contribution is 0.416. The number of nitrogens with one attached hydrogen (secondary N) is 2. The van der Waals surface area contributed by atoms with E-state index in [1.807, 2.05) is 13.0 Å². The molecule has 0 bridgehead atoms. The smallest absolute Gasteiger partial charge is 0.249 e. The molecule has 1 aromatic heterocycles. The molecule has 1 aromatic carbocycles. The summed E-state index contributed by atoms with van der Waals surface area (Å²) in [7, 11) is 1.59. The number of hydrogen-bond acceptors (Lipinski definition) is 6. The fourth-order valence-corrected chi connectivity index (χ4v) is 2.07. The molecule has 0 atom stereocenters. The normalized spacial score (nSPS) is 13.9. The largest absolute Gasteiger partial charge is 0.495 e. The van der Waals surface area contributed by atoms with E-state index in [2.05, 4.69) is 25.8 Å². The van der Waals surface area contributed by atoms with Crippen LogP contribution in [-0.4, -0.2) is 28.3 Å². The Morgan fingerprint density at radius 2 is 2.14 bits per heavy atom. The minimum atomic E-state index is 0.417. The first-order valence-corrected chi connectivity index (χ1v) is 7.11. The molecule has 0 radical (unpaired) electrons. The van der Waals surface area contributed by atoms with Crippen LogP contribution in [-0.2, 0) is 0 Å². The molecule has 1 fully saturated rings. The van der Waals surface area contributed by atoms with Gasteiger partial charge in [0.05, 0.1) is 19.0 Å². The maximum absolute atomic E-state index is 6.10. The van der Waals surface area contributed by atoms with Crippen LogP contribution in [0.2, 0.25) is 5.02 Å². The van der Waals surface area contributed by atoms with E-state index in [0.717, 1.165) is 17.1 Å². The number of aromatic nitrogens is 3. The molecule has 2 aromatic rings. The van der Waals surface area contributed by atoms with E-state index in [4.69, 9.17) is 16.3 Å². The van der Waals surface area contributed by atoms with Crippen molar-refractivity contribution in [1.82, 2.24) is 15.2 Å². The average molecular weight is 306 g/mol. The maximum Gasteiger partial charge on any atom is 0.249 e.